The van der Waals surface area contributed by atoms with Crippen LogP contribution in [0.1, 0.15) is 31.1 Å². The molecule has 0 aliphatic carbocycles. The number of carbonyl (C=O) groups is 3. The molecule has 0 bridgehead atoms. The number of hydrogen-bond donors (Lipinski definition) is 3. The molecule has 0 radical (unpaired) electrons. The highest BCUT2D eigenvalue weighted by Gasteiger charge is 2.17. The molecule has 0 aromatic heterocycles. The molecule has 1 heterocycles. The minimum absolute atomic E-state index is 0.0977. The van der Waals surface area contributed by atoms with Crippen molar-refractivity contribution in [3.05, 3.63) is 88.4 Å². The molecule has 3 N–H and O–H groups in total. The maximum atomic E-state index is 12.4. The lowest BCUT2D eigenvalue weighted by molar-refractivity contribution is 0.0846. The quantitative estimate of drug-likeness (QED) is 0.542. The number of nitrogens with one attached hydrogen (secondary N) is 3. The molecule has 3 amide bonds. The van der Waals surface area contributed by atoms with Crippen LogP contribution in [0.4, 0.5) is 5.69 Å². The summed E-state index contributed by atoms with van der Waals surface area (Å²) in [6.07, 6.45) is 0. The first-order chi connectivity index (χ1) is 15.0. The zero-order valence-electron chi connectivity index (χ0n) is 16.0. The van der Waals surface area contributed by atoms with E-state index in [1.807, 2.05) is 0 Å². The summed E-state index contributed by atoms with van der Waals surface area (Å²) in [7, 11) is 0. The van der Waals surface area contributed by atoms with E-state index in [9.17, 15) is 14.4 Å². The van der Waals surface area contributed by atoms with E-state index in [-0.39, 0.29) is 12.4 Å². The third kappa shape index (κ3) is 4.59. The van der Waals surface area contributed by atoms with Crippen LogP contribution in [-0.2, 0) is 0 Å². The monoisotopic (exact) mass is 437 g/mol. The summed E-state index contributed by atoms with van der Waals surface area (Å²) < 4.78 is 10.4. The molecule has 1 aliphatic heterocycles. The third-order valence-corrected chi connectivity index (χ3v) is 4.76. The molecule has 0 atom stereocenters. The van der Waals surface area contributed by atoms with E-state index in [0.29, 0.717) is 33.3 Å². The van der Waals surface area contributed by atoms with Crippen molar-refractivity contribution >= 4 is 35.0 Å². The van der Waals surface area contributed by atoms with Crippen LogP contribution in [0.3, 0.4) is 0 Å². The van der Waals surface area contributed by atoms with Crippen molar-refractivity contribution < 1.29 is 23.9 Å². The Kier molecular flexibility index (Phi) is 5.72. The second-order valence-electron chi connectivity index (χ2n) is 6.49. The number of amides is 3. The van der Waals surface area contributed by atoms with Crippen LogP contribution in [0.15, 0.2) is 66.7 Å². The first-order valence-electron chi connectivity index (χ1n) is 9.17. The summed E-state index contributed by atoms with van der Waals surface area (Å²) in [5.41, 5.74) is 5.94. The minimum Gasteiger partial charge on any atom is -0.454 e. The predicted octanol–water partition coefficient (Wildman–Crippen LogP) is 3.40. The normalized spacial score (nSPS) is 11.5. The van der Waals surface area contributed by atoms with Gasteiger partial charge in [-0.05, 0) is 48.5 Å². The molecule has 0 saturated carbocycles. The highest BCUT2D eigenvalue weighted by molar-refractivity contribution is 6.34. The number of halogens is 1. The second kappa shape index (κ2) is 8.76. The van der Waals surface area contributed by atoms with Gasteiger partial charge in [-0.25, -0.2) is 0 Å². The van der Waals surface area contributed by atoms with Crippen molar-refractivity contribution in [2.75, 3.05) is 12.1 Å². The first kappa shape index (κ1) is 20.2. The molecule has 4 rings (SSSR count). The molecule has 9 heteroatoms. The zero-order chi connectivity index (χ0) is 21.8. The summed E-state index contributed by atoms with van der Waals surface area (Å²) in [5.74, 6) is -0.464. The van der Waals surface area contributed by atoms with Crippen LogP contribution in [-0.4, -0.2) is 24.5 Å². The molecule has 0 unspecified atom stereocenters. The molecule has 0 saturated heterocycles. The summed E-state index contributed by atoms with van der Waals surface area (Å²) in [5, 5.41) is 3.01. The number of fused-ring (bicyclic) bond motifs is 1. The van der Waals surface area contributed by atoms with Gasteiger partial charge in [0.05, 0.1) is 10.6 Å². The van der Waals surface area contributed by atoms with Crippen LogP contribution in [0.2, 0.25) is 5.02 Å². The average molecular weight is 438 g/mol. The fourth-order valence-corrected chi connectivity index (χ4v) is 3.10. The van der Waals surface area contributed by atoms with Crippen LogP contribution < -0.4 is 25.6 Å². The molecule has 3 aromatic rings. The van der Waals surface area contributed by atoms with E-state index in [1.54, 1.807) is 54.6 Å². The summed E-state index contributed by atoms with van der Waals surface area (Å²) in [4.78, 5) is 37.1. The molecule has 1 aliphatic rings. The summed E-state index contributed by atoms with van der Waals surface area (Å²) in [6, 6.07) is 17.6. The van der Waals surface area contributed by atoms with Crippen LogP contribution in [0.25, 0.3) is 0 Å². The van der Waals surface area contributed by atoms with Gasteiger partial charge in [0, 0.05) is 16.8 Å². The van der Waals surface area contributed by atoms with Gasteiger partial charge in [0.25, 0.3) is 17.7 Å². The number of anilines is 1. The van der Waals surface area contributed by atoms with Crippen molar-refractivity contribution in [1.82, 2.24) is 10.9 Å². The fraction of sp³-hybridized carbons (Fsp3) is 0.0455. The van der Waals surface area contributed by atoms with Crippen molar-refractivity contribution in [2.24, 2.45) is 0 Å². The molecule has 8 nitrogen and oxygen atoms in total. The van der Waals surface area contributed by atoms with Gasteiger partial charge in [-0.1, -0.05) is 29.8 Å². The Morgan fingerprint density at radius 2 is 1.45 bits per heavy atom. The molecule has 0 spiro atoms. The topological polar surface area (TPSA) is 106 Å². The lowest BCUT2D eigenvalue weighted by Gasteiger charge is -2.10. The Morgan fingerprint density at radius 3 is 2.23 bits per heavy atom. The van der Waals surface area contributed by atoms with Crippen LogP contribution in [0.5, 0.6) is 11.5 Å². The van der Waals surface area contributed by atoms with Gasteiger partial charge in [0.1, 0.15) is 0 Å². The van der Waals surface area contributed by atoms with E-state index in [2.05, 4.69) is 16.2 Å². The fourth-order valence-electron chi connectivity index (χ4n) is 2.88. The Hall–Kier alpha value is -4.04. The lowest BCUT2D eigenvalue weighted by Crippen LogP contribution is -2.41. The molecule has 156 valence electrons. The van der Waals surface area contributed by atoms with Gasteiger partial charge in [-0.15, -0.1) is 0 Å². The first-order valence-corrected chi connectivity index (χ1v) is 9.55. The highest BCUT2D eigenvalue weighted by atomic mass is 35.5. The lowest BCUT2D eigenvalue weighted by atomic mass is 10.1. The Bertz CT molecular complexity index is 1180. The number of hydrogen-bond acceptors (Lipinski definition) is 5. The Labute approximate surface area is 182 Å². The predicted molar refractivity (Wildman–Crippen MR) is 113 cm³/mol. The van der Waals surface area contributed by atoms with Crippen LogP contribution >= 0.6 is 11.6 Å². The number of ether oxygens (including phenoxy) is 2. The SMILES string of the molecule is O=C(NNC(=O)c1ccc2c(c1)OCO2)c1cccc(NC(=O)c2ccccc2Cl)c1. The van der Waals surface area contributed by atoms with Gasteiger partial charge in [0.15, 0.2) is 11.5 Å². The van der Waals surface area contributed by atoms with Crippen molar-refractivity contribution in [1.29, 1.82) is 0 Å². The van der Waals surface area contributed by atoms with E-state index >= 15 is 0 Å². The van der Waals surface area contributed by atoms with Gasteiger partial charge < -0.3 is 14.8 Å². The smallest absolute Gasteiger partial charge is 0.269 e. The maximum Gasteiger partial charge on any atom is 0.269 e. The Morgan fingerprint density at radius 1 is 0.742 bits per heavy atom. The van der Waals surface area contributed by atoms with E-state index in [4.69, 9.17) is 21.1 Å². The number of benzene rings is 3. The average Bonchev–Trinajstić information content (AvgIpc) is 3.25. The van der Waals surface area contributed by atoms with Gasteiger partial charge in [-0.2, -0.15) is 0 Å². The molecule has 31 heavy (non-hydrogen) atoms. The summed E-state index contributed by atoms with van der Waals surface area (Å²) >= 11 is 6.04. The third-order valence-electron chi connectivity index (χ3n) is 4.43. The number of rotatable bonds is 4. The highest BCUT2D eigenvalue weighted by Crippen LogP contribution is 2.32. The van der Waals surface area contributed by atoms with Crippen molar-refractivity contribution in [3.63, 3.8) is 0 Å². The number of hydrazine groups is 1. The van der Waals surface area contributed by atoms with E-state index < -0.39 is 17.7 Å². The van der Waals surface area contributed by atoms with Crippen LogP contribution in [0, 0.1) is 0 Å². The Balaban J connectivity index is 1.38. The maximum absolute atomic E-state index is 12.4. The molecular formula is C22H16ClN3O5. The largest absolute Gasteiger partial charge is 0.454 e. The van der Waals surface area contributed by atoms with Gasteiger partial charge >= 0.3 is 0 Å². The zero-order valence-corrected chi connectivity index (χ0v) is 16.7. The molecule has 0 fully saturated rings. The van der Waals surface area contributed by atoms with Gasteiger partial charge in [0.2, 0.25) is 6.79 Å². The summed E-state index contributed by atoms with van der Waals surface area (Å²) in [6.45, 7) is 0.0977. The molecular weight excluding hydrogens is 422 g/mol. The standard InChI is InChI=1S/C22H16ClN3O5/c23-17-7-2-1-6-16(17)22(29)24-15-5-3-4-13(10-15)20(27)25-26-21(28)14-8-9-18-19(11-14)31-12-30-18/h1-11H,12H2,(H,24,29)(H,25,27)(H,26,28). The second-order valence-corrected chi connectivity index (χ2v) is 6.90. The van der Waals surface area contributed by atoms with E-state index in [1.165, 1.54) is 12.1 Å². The molecule has 3 aromatic carbocycles. The van der Waals surface area contributed by atoms with Gasteiger partial charge in [-0.3, -0.25) is 25.2 Å². The number of carbonyl (C=O) groups excluding carboxylic acids is 3. The van der Waals surface area contributed by atoms with Crippen molar-refractivity contribution in [2.45, 2.75) is 0 Å². The van der Waals surface area contributed by atoms with Crippen molar-refractivity contribution in [3.8, 4) is 11.5 Å². The minimum atomic E-state index is -0.553. The van der Waals surface area contributed by atoms with E-state index in [0.717, 1.165) is 0 Å².